The molecule has 16 heteroatoms. The van der Waals surface area contributed by atoms with E-state index < -0.39 is 39.1 Å². The van der Waals surface area contributed by atoms with Crippen LogP contribution >= 0.6 is 0 Å². The summed E-state index contributed by atoms with van der Waals surface area (Å²) in [4.78, 5) is 31.2. The molecule has 0 radical (unpaired) electrons. The van der Waals surface area contributed by atoms with Gasteiger partial charge in [0, 0.05) is 12.1 Å². The predicted octanol–water partition coefficient (Wildman–Crippen LogP) is 6.28. The van der Waals surface area contributed by atoms with Crippen molar-refractivity contribution in [3.05, 3.63) is 154 Å². The van der Waals surface area contributed by atoms with Crippen molar-refractivity contribution in [3.8, 4) is 22.8 Å². The third kappa shape index (κ3) is 8.27. The molecule has 3 aromatic carbocycles. The van der Waals surface area contributed by atoms with Gasteiger partial charge in [0.25, 0.3) is 0 Å². The number of carbonyl (C=O) groups excluding carboxylic acids is 1. The first-order chi connectivity index (χ1) is 24.9. The fraction of sp³-hybridized carbons (Fsp3) is 0.162. The van der Waals surface area contributed by atoms with Crippen LogP contribution in [0.2, 0.25) is 0 Å². The summed E-state index contributed by atoms with van der Waals surface area (Å²) in [6.07, 6.45) is 0.502. The Kier molecular flexibility index (Phi) is 10.5. The number of halogens is 3. The molecule has 0 aliphatic rings. The summed E-state index contributed by atoms with van der Waals surface area (Å²) < 4.78 is 77.0. The SMILES string of the molecule is O=S(=O)([O-])c1ccccc1.[C-]#[N+]c1ccc(-n2nccc2-c2c(C)n(-c3cccc(C(F)(F)F)c3)c(=O)n2C(=O)NC(C)(C)c2cc[n+](C)cc2)cc1. The van der Waals surface area contributed by atoms with Gasteiger partial charge >= 0.3 is 17.9 Å². The van der Waals surface area contributed by atoms with Crippen LogP contribution in [0.4, 0.5) is 23.7 Å². The fourth-order valence-corrected chi connectivity index (χ4v) is 5.97. The third-order valence-electron chi connectivity index (χ3n) is 8.18. The minimum Gasteiger partial charge on any atom is -0.744 e. The van der Waals surface area contributed by atoms with Crippen molar-refractivity contribution in [2.45, 2.75) is 37.4 Å². The van der Waals surface area contributed by atoms with Crippen molar-refractivity contribution in [2.24, 2.45) is 7.05 Å². The zero-order valence-corrected chi connectivity index (χ0v) is 29.6. The number of amides is 1. The number of benzene rings is 3. The third-order valence-corrected chi connectivity index (χ3v) is 9.03. The number of hydrogen-bond donors (Lipinski definition) is 1. The summed E-state index contributed by atoms with van der Waals surface area (Å²) in [5, 5.41) is 7.29. The molecule has 0 fully saturated rings. The molecule has 6 rings (SSSR count). The first-order valence-corrected chi connectivity index (χ1v) is 17.2. The lowest BCUT2D eigenvalue weighted by Crippen LogP contribution is -2.46. The van der Waals surface area contributed by atoms with Crippen LogP contribution in [0.1, 0.15) is 30.7 Å². The number of hydrogen-bond acceptors (Lipinski definition) is 6. The zero-order valence-electron chi connectivity index (χ0n) is 28.7. The maximum atomic E-state index is 14.0. The van der Waals surface area contributed by atoms with E-state index in [0.717, 1.165) is 26.8 Å². The van der Waals surface area contributed by atoms with E-state index in [-0.39, 0.29) is 22.0 Å². The van der Waals surface area contributed by atoms with E-state index in [1.165, 1.54) is 47.3 Å². The lowest BCUT2D eigenvalue weighted by Gasteiger charge is -2.26. The molecule has 0 unspecified atom stereocenters. The summed E-state index contributed by atoms with van der Waals surface area (Å²) in [7, 11) is -2.39. The van der Waals surface area contributed by atoms with Crippen molar-refractivity contribution < 1.29 is 35.5 Å². The van der Waals surface area contributed by atoms with Crippen LogP contribution in [0.5, 0.6) is 0 Å². The van der Waals surface area contributed by atoms with Gasteiger partial charge < -0.3 is 9.87 Å². The molecule has 53 heavy (non-hydrogen) atoms. The van der Waals surface area contributed by atoms with Gasteiger partial charge in [0.05, 0.1) is 51.5 Å². The monoisotopic (exact) mass is 743 g/mol. The molecule has 0 aliphatic carbocycles. The summed E-state index contributed by atoms with van der Waals surface area (Å²) in [6.45, 7) is 12.3. The lowest BCUT2D eigenvalue weighted by atomic mass is 9.95. The molecule has 1 amide bonds. The minimum absolute atomic E-state index is 0.0487. The van der Waals surface area contributed by atoms with Crippen molar-refractivity contribution >= 4 is 21.8 Å². The van der Waals surface area contributed by atoms with Gasteiger partial charge in [-0.25, -0.2) is 36.7 Å². The Bertz CT molecular complexity index is 2480. The number of alkyl halides is 3. The molecule has 1 N–H and O–H groups in total. The second-order valence-electron chi connectivity index (χ2n) is 12.3. The average Bonchev–Trinajstić information content (AvgIpc) is 3.69. The highest BCUT2D eigenvalue weighted by Gasteiger charge is 2.33. The number of aromatic nitrogens is 5. The van der Waals surface area contributed by atoms with Gasteiger partial charge in [-0.2, -0.15) is 18.3 Å². The number of carbonyl (C=O) groups is 1. The van der Waals surface area contributed by atoms with Crippen LogP contribution in [0, 0.1) is 13.5 Å². The van der Waals surface area contributed by atoms with Crippen LogP contribution in [-0.2, 0) is 28.9 Å². The van der Waals surface area contributed by atoms with Gasteiger partial charge in [-0.05, 0) is 74.9 Å². The van der Waals surface area contributed by atoms with Gasteiger partial charge in [0.15, 0.2) is 18.1 Å². The second-order valence-corrected chi connectivity index (χ2v) is 13.6. The number of pyridine rings is 1. The maximum absolute atomic E-state index is 14.0. The Morgan fingerprint density at radius 3 is 2.11 bits per heavy atom. The van der Waals surface area contributed by atoms with E-state index in [2.05, 4.69) is 15.3 Å². The predicted molar refractivity (Wildman–Crippen MR) is 188 cm³/mol. The molecule has 3 heterocycles. The number of nitrogens with one attached hydrogen (secondary N) is 1. The Labute approximate surface area is 302 Å². The Hall–Kier alpha value is -6.31. The van der Waals surface area contributed by atoms with Crippen LogP contribution < -0.4 is 15.6 Å². The van der Waals surface area contributed by atoms with Crippen LogP contribution in [0.25, 0.3) is 27.6 Å². The first kappa shape index (κ1) is 37.9. The molecule has 0 saturated carbocycles. The van der Waals surface area contributed by atoms with E-state index >= 15 is 0 Å². The van der Waals surface area contributed by atoms with E-state index in [4.69, 9.17) is 6.57 Å². The molecule has 0 atom stereocenters. The number of nitrogens with zero attached hydrogens (tertiary/aromatic N) is 6. The van der Waals surface area contributed by atoms with Crippen LogP contribution in [0.15, 0.2) is 125 Å². The normalized spacial score (nSPS) is 11.7. The van der Waals surface area contributed by atoms with Crippen molar-refractivity contribution in [1.29, 1.82) is 0 Å². The van der Waals surface area contributed by atoms with Gasteiger partial charge in [0.2, 0.25) is 0 Å². The maximum Gasteiger partial charge on any atom is 0.416 e. The molecular formula is C37H32F3N7O5S. The largest absolute Gasteiger partial charge is 0.744 e. The molecule has 0 bridgehead atoms. The Morgan fingerprint density at radius 1 is 0.906 bits per heavy atom. The molecule has 0 saturated heterocycles. The van der Waals surface area contributed by atoms with E-state index in [0.29, 0.717) is 17.1 Å². The summed E-state index contributed by atoms with van der Waals surface area (Å²) >= 11 is 0. The van der Waals surface area contributed by atoms with Crippen molar-refractivity contribution in [2.75, 3.05) is 0 Å². The second kappa shape index (κ2) is 14.7. The highest BCUT2D eigenvalue weighted by molar-refractivity contribution is 7.85. The number of imidazole rings is 1. The molecular weight excluding hydrogens is 712 g/mol. The highest BCUT2D eigenvalue weighted by atomic mass is 32.2. The molecule has 3 aromatic heterocycles. The molecule has 12 nitrogen and oxygen atoms in total. The summed E-state index contributed by atoms with van der Waals surface area (Å²) in [5.74, 6) is 0. The molecule has 0 spiro atoms. The molecule has 0 aliphatic heterocycles. The average molecular weight is 744 g/mol. The standard InChI is InChI=1S/C31H26F3N7O2.C6H6O3S/c1-20-27(26-13-16-36-41(26)24-11-9-23(35-4)10-12-24)40(28(42)37-30(2,3)21-14-17-38(5)18-15-21)29(43)39(20)25-8-6-7-22(19-25)31(32,33)34;7-10(8,9)6-4-2-1-3-5-6/h6-19H,1-3,5H3;1-5H,(H,7,8,9). The van der Waals surface area contributed by atoms with Gasteiger partial charge in [-0.3, -0.25) is 4.57 Å². The topological polar surface area (TPSA) is 139 Å². The van der Waals surface area contributed by atoms with E-state index in [1.54, 1.807) is 57.2 Å². The van der Waals surface area contributed by atoms with E-state index in [9.17, 15) is 35.7 Å². The first-order valence-electron chi connectivity index (χ1n) is 15.8. The molecule has 6 aromatic rings. The quantitative estimate of drug-likeness (QED) is 0.121. The Balaban J connectivity index is 0.000000469. The Morgan fingerprint density at radius 2 is 1.55 bits per heavy atom. The summed E-state index contributed by atoms with van der Waals surface area (Å²) in [6, 6.07) is 22.6. The fourth-order valence-electron chi connectivity index (χ4n) is 5.48. The van der Waals surface area contributed by atoms with Crippen LogP contribution in [0.3, 0.4) is 0 Å². The van der Waals surface area contributed by atoms with Crippen LogP contribution in [-0.4, -0.2) is 37.9 Å². The van der Waals surface area contributed by atoms with Gasteiger partial charge in [0.1, 0.15) is 22.9 Å². The highest BCUT2D eigenvalue weighted by Crippen LogP contribution is 2.32. The van der Waals surface area contributed by atoms with E-state index in [1.807, 2.05) is 36.1 Å². The zero-order chi connectivity index (χ0) is 38.7. The molecule has 272 valence electrons. The number of rotatable bonds is 6. The van der Waals surface area contributed by atoms with Crippen molar-refractivity contribution in [3.63, 3.8) is 0 Å². The summed E-state index contributed by atoms with van der Waals surface area (Å²) in [5.41, 5.74) is -0.313. The number of aryl methyl sites for hydroxylation is 1. The lowest BCUT2D eigenvalue weighted by molar-refractivity contribution is -0.671. The minimum atomic E-state index is -4.64. The van der Waals surface area contributed by atoms with Crippen molar-refractivity contribution in [1.82, 2.24) is 24.2 Å². The smallest absolute Gasteiger partial charge is 0.416 e. The van der Waals surface area contributed by atoms with Gasteiger partial charge in [-0.1, -0.05) is 36.4 Å². The van der Waals surface area contributed by atoms with Gasteiger partial charge in [-0.15, -0.1) is 0 Å².